The Morgan fingerprint density at radius 3 is 2.12 bits per heavy atom. The van der Waals surface area contributed by atoms with Crippen LogP contribution in [0.3, 0.4) is 0 Å². The van der Waals surface area contributed by atoms with Crippen LogP contribution in [0.1, 0.15) is 5.56 Å². The number of benzene rings is 2. The van der Waals surface area contributed by atoms with E-state index in [2.05, 4.69) is 0 Å². The zero-order valence-electron chi connectivity index (χ0n) is 9.10. The first-order valence-corrected chi connectivity index (χ1v) is 6.33. The van der Waals surface area contributed by atoms with Crippen LogP contribution in [0.4, 0.5) is 5.69 Å². The van der Waals surface area contributed by atoms with Crippen LogP contribution < -0.4 is 5.73 Å². The lowest BCUT2D eigenvalue weighted by Gasteiger charge is -2.02. The van der Waals surface area contributed by atoms with Gasteiger partial charge in [-0.2, -0.15) is 0 Å². The number of nitrogen functional groups attached to an aromatic ring is 1. The van der Waals surface area contributed by atoms with Crippen LogP contribution >= 0.6 is 35.8 Å². The van der Waals surface area contributed by atoms with E-state index in [4.69, 9.17) is 17.3 Å². The minimum Gasteiger partial charge on any atom is -0.399 e. The number of halogens is 2. The highest BCUT2D eigenvalue weighted by Gasteiger charge is 1.96. The molecule has 90 valence electrons. The van der Waals surface area contributed by atoms with Crippen molar-refractivity contribution in [2.75, 3.05) is 5.73 Å². The Kier molecular flexibility index (Phi) is 5.69. The fourth-order valence-corrected chi connectivity index (χ4v) is 2.29. The topological polar surface area (TPSA) is 26.0 Å². The predicted octanol–water partition coefficient (Wildman–Crippen LogP) is 4.64. The van der Waals surface area contributed by atoms with Crippen LogP contribution in [0.2, 0.25) is 5.02 Å². The van der Waals surface area contributed by atoms with Gasteiger partial charge in [0.25, 0.3) is 0 Å². The number of thioether (sulfide) groups is 1. The summed E-state index contributed by atoms with van der Waals surface area (Å²) in [5, 5.41) is 0.779. The number of nitrogens with two attached hydrogens (primary N) is 1. The quantitative estimate of drug-likeness (QED) is 0.657. The monoisotopic (exact) mass is 285 g/mol. The van der Waals surface area contributed by atoms with Gasteiger partial charge in [0.2, 0.25) is 0 Å². The summed E-state index contributed by atoms with van der Waals surface area (Å²) >= 11 is 7.61. The first-order valence-electron chi connectivity index (χ1n) is 4.97. The lowest BCUT2D eigenvalue weighted by Crippen LogP contribution is -1.83. The molecule has 0 bridgehead atoms. The molecule has 2 aromatic carbocycles. The number of hydrogen-bond donors (Lipinski definition) is 1. The van der Waals surface area contributed by atoms with Gasteiger partial charge in [-0.3, -0.25) is 0 Å². The molecule has 1 nitrogen and oxygen atoms in total. The highest BCUT2D eigenvalue weighted by atomic mass is 35.5. The van der Waals surface area contributed by atoms with Gasteiger partial charge in [-0.15, -0.1) is 24.2 Å². The third-order valence-electron chi connectivity index (χ3n) is 2.20. The van der Waals surface area contributed by atoms with Crippen LogP contribution in [-0.4, -0.2) is 0 Å². The van der Waals surface area contributed by atoms with Gasteiger partial charge < -0.3 is 5.73 Å². The summed E-state index contributed by atoms with van der Waals surface area (Å²) in [5.41, 5.74) is 7.70. The Morgan fingerprint density at radius 1 is 0.941 bits per heavy atom. The summed E-state index contributed by atoms with van der Waals surface area (Å²) in [6, 6.07) is 15.8. The van der Waals surface area contributed by atoms with Gasteiger partial charge in [-0.1, -0.05) is 23.7 Å². The van der Waals surface area contributed by atoms with Crippen molar-refractivity contribution >= 4 is 41.5 Å². The van der Waals surface area contributed by atoms with E-state index in [1.54, 1.807) is 11.8 Å². The van der Waals surface area contributed by atoms with Crippen molar-refractivity contribution in [3.8, 4) is 0 Å². The largest absolute Gasteiger partial charge is 0.399 e. The SMILES string of the molecule is Cl.Nc1ccc(SCc2ccc(Cl)cc2)cc1. The van der Waals surface area contributed by atoms with Gasteiger partial charge in [0.1, 0.15) is 0 Å². The van der Waals surface area contributed by atoms with E-state index < -0.39 is 0 Å². The van der Waals surface area contributed by atoms with Crippen molar-refractivity contribution < 1.29 is 0 Å². The molecule has 0 heterocycles. The summed E-state index contributed by atoms with van der Waals surface area (Å²) in [4.78, 5) is 1.23. The molecule has 0 aliphatic rings. The molecule has 0 unspecified atom stereocenters. The molecule has 0 spiro atoms. The highest BCUT2D eigenvalue weighted by molar-refractivity contribution is 7.98. The van der Waals surface area contributed by atoms with Crippen molar-refractivity contribution in [3.63, 3.8) is 0 Å². The fourth-order valence-electron chi connectivity index (χ4n) is 1.31. The highest BCUT2D eigenvalue weighted by Crippen LogP contribution is 2.24. The normalized spacial score (nSPS) is 9.71. The fraction of sp³-hybridized carbons (Fsp3) is 0.0769. The molecular formula is C13H13Cl2NS. The predicted molar refractivity (Wildman–Crippen MR) is 79.1 cm³/mol. The van der Waals surface area contributed by atoms with Crippen LogP contribution in [0.15, 0.2) is 53.4 Å². The van der Waals surface area contributed by atoms with Gasteiger partial charge >= 0.3 is 0 Å². The standard InChI is InChI=1S/C13H12ClNS.ClH/c14-11-3-1-10(2-4-11)9-16-13-7-5-12(15)6-8-13;/h1-8H,9,15H2;1H. The summed E-state index contributed by atoms with van der Waals surface area (Å²) in [7, 11) is 0. The van der Waals surface area contributed by atoms with Crippen LogP contribution in [0.25, 0.3) is 0 Å². The van der Waals surface area contributed by atoms with E-state index in [0.29, 0.717) is 0 Å². The third kappa shape index (κ3) is 4.50. The van der Waals surface area contributed by atoms with Gasteiger partial charge in [0, 0.05) is 21.4 Å². The number of anilines is 1. The lowest BCUT2D eigenvalue weighted by atomic mass is 10.2. The zero-order valence-corrected chi connectivity index (χ0v) is 11.5. The van der Waals surface area contributed by atoms with Crippen LogP contribution in [0.5, 0.6) is 0 Å². The summed E-state index contributed by atoms with van der Waals surface area (Å²) < 4.78 is 0. The van der Waals surface area contributed by atoms with Crippen molar-refractivity contribution in [1.29, 1.82) is 0 Å². The van der Waals surface area contributed by atoms with Crippen molar-refractivity contribution in [1.82, 2.24) is 0 Å². The van der Waals surface area contributed by atoms with Gasteiger partial charge in [0.05, 0.1) is 0 Å². The molecule has 0 aliphatic carbocycles. The molecule has 0 fully saturated rings. The maximum Gasteiger partial charge on any atom is 0.0406 e. The van der Waals surface area contributed by atoms with Gasteiger partial charge in [-0.25, -0.2) is 0 Å². The third-order valence-corrected chi connectivity index (χ3v) is 3.53. The maximum atomic E-state index is 5.83. The molecule has 2 aromatic rings. The van der Waals surface area contributed by atoms with Gasteiger partial charge in [0.15, 0.2) is 0 Å². The Balaban J connectivity index is 0.00000144. The molecule has 0 aromatic heterocycles. The molecular weight excluding hydrogens is 273 g/mol. The molecule has 4 heteroatoms. The lowest BCUT2D eigenvalue weighted by molar-refractivity contribution is 1.38. The Morgan fingerprint density at radius 2 is 1.53 bits per heavy atom. The van der Waals surface area contributed by atoms with Crippen molar-refractivity contribution in [2.24, 2.45) is 0 Å². The van der Waals surface area contributed by atoms with E-state index in [0.717, 1.165) is 16.5 Å². The van der Waals surface area contributed by atoms with E-state index in [9.17, 15) is 0 Å². The molecule has 0 saturated carbocycles. The minimum absolute atomic E-state index is 0. The second-order valence-corrected chi connectivity index (χ2v) is 4.97. The smallest absolute Gasteiger partial charge is 0.0406 e. The molecule has 17 heavy (non-hydrogen) atoms. The summed E-state index contributed by atoms with van der Waals surface area (Å²) in [6.45, 7) is 0. The first-order chi connectivity index (χ1) is 7.74. The second kappa shape index (κ2) is 6.80. The van der Waals surface area contributed by atoms with E-state index in [1.807, 2.05) is 48.5 Å². The summed E-state index contributed by atoms with van der Waals surface area (Å²) in [6.07, 6.45) is 0. The number of rotatable bonds is 3. The van der Waals surface area contributed by atoms with Crippen molar-refractivity contribution in [3.05, 3.63) is 59.1 Å². The Bertz CT molecular complexity index is 408. The molecule has 0 amide bonds. The molecule has 2 N–H and O–H groups in total. The molecule has 0 saturated heterocycles. The Labute approximate surface area is 117 Å². The molecule has 0 aliphatic heterocycles. The van der Waals surface area contributed by atoms with Crippen LogP contribution in [-0.2, 0) is 5.75 Å². The first kappa shape index (κ1) is 14.2. The zero-order chi connectivity index (χ0) is 11.4. The average molecular weight is 286 g/mol. The molecule has 0 atom stereocenters. The molecule has 0 radical (unpaired) electrons. The maximum absolute atomic E-state index is 5.83. The summed E-state index contributed by atoms with van der Waals surface area (Å²) in [5.74, 6) is 0.946. The van der Waals surface area contributed by atoms with E-state index >= 15 is 0 Å². The van der Waals surface area contributed by atoms with Crippen molar-refractivity contribution in [2.45, 2.75) is 10.6 Å². The number of hydrogen-bond acceptors (Lipinski definition) is 2. The van der Waals surface area contributed by atoms with Crippen LogP contribution in [0, 0.1) is 0 Å². The molecule has 2 rings (SSSR count). The van der Waals surface area contributed by atoms with Gasteiger partial charge in [-0.05, 0) is 42.0 Å². The average Bonchev–Trinajstić information content (AvgIpc) is 2.30. The van der Waals surface area contributed by atoms with E-state index in [-0.39, 0.29) is 12.4 Å². The second-order valence-electron chi connectivity index (χ2n) is 3.48. The Hall–Kier alpha value is -0.830. The van der Waals surface area contributed by atoms with E-state index in [1.165, 1.54) is 10.5 Å². The minimum atomic E-state index is 0.